The van der Waals surface area contributed by atoms with Crippen molar-refractivity contribution in [3.63, 3.8) is 0 Å². The summed E-state index contributed by atoms with van der Waals surface area (Å²) < 4.78 is 0. The first-order valence-electron chi connectivity index (χ1n) is 7.05. The Morgan fingerprint density at radius 3 is 2.88 bits per heavy atom. The fourth-order valence-corrected chi connectivity index (χ4v) is 3.87. The number of piperazine rings is 1. The van der Waals surface area contributed by atoms with E-state index >= 15 is 0 Å². The van der Waals surface area contributed by atoms with E-state index in [2.05, 4.69) is 22.0 Å². The second-order valence-corrected chi connectivity index (χ2v) is 5.83. The van der Waals surface area contributed by atoms with Crippen molar-refractivity contribution >= 4 is 0 Å². The number of nitrogens with zero attached hydrogens (tertiary/aromatic N) is 2. The highest BCUT2D eigenvalue weighted by molar-refractivity contribution is 4.95. The summed E-state index contributed by atoms with van der Waals surface area (Å²) in [6.07, 6.45) is 5.78. The molecule has 0 aromatic rings. The van der Waals surface area contributed by atoms with Crippen LogP contribution in [-0.4, -0.2) is 60.6 Å². The van der Waals surface area contributed by atoms with Crippen LogP contribution in [0.3, 0.4) is 0 Å². The van der Waals surface area contributed by atoms with Crippen LogP contribution in [-0.2, 0) is 0 Å². The number of fused-ring (bicyclic) bond motifs is 1. The number of piperidine rings is 1. The van der Waals surface area contributed by atoms with Crippen molar-refractivity contribution in [1.82, 2.24) is 15.1 Å². The molecule has 1 N–H and O–H groups in total. The lowest BCUT2D eigenvalue weighted by molar-refractivity contribution is 0.117. The van der Waals surface area contributed by atoms with Crippen molar-refractivity contribution in [2.45, 2.75) is 50.7 Å². The van der Waals surface area contributed by atoms with Gasteiger partial charge in [0, 0.05) is 44.3 Å². The lowest BCUT2D eigenvalue weighted by Gasteiger charge is -2.38. The summed E-state index contributed by atoms with van der Waals surface area (Å²) in [6, 6.07) is 2.50. The van der Waals surface area contributed by atoms with E-state index in [-0.39, 0.29) is 0 Å². The van der Waals surface area contributed by atoms with Crippen molar-refractivity contribution in [3.05, 3.63) is 0 Å². The van der Waals surface area contributed by atoms with Crippen LogP contribution in [0.15, 0.2) is 0 Å². The predicted molar refractivity (Wildman–Crippen MR) is 66.7 cm³/mol. The first-order chi connectivity index (χ1) is 7.84. The molecule has 3 aliphatic heterocycles. The Bertz CT molecular complexity index is 229. The van der Waals surface area contributed by atoms with Crippen LogP contribution in [0.1, 0.15) is 32.6 Å². The van der Waals surface area contributed by atoms with E-state index in [0.29, 0.717) is 0 Å². The Kier molecular flexibility index (Phi) is 3.18. The molecule has 0 aromatic carbocycles. The lowest BCUT2D eigenvalue weighted by Crippen LogP contribution is -2.54. The summed E-state index contributed by atoms with van der Waals surface area (Å²) in [5.74, 6) is 0. The minimum absolute atomic E-state index is 0.736. The molecule has 0 amide bonds. The van der Waals surface area contributed by atoms with Gasteiger partial charge in [-0.2, -0.15) is 0 Å². The molecular formula is C13H25N3. The summed E-state index contributed by atoms with van der Waals surface area (Å²) in [4.78, 5) is 5.51. The third kappa shape index (κ3) is 2.01. The molecule has 0 spiro atoms. The fraction of sp³-hybridized carbons (Fsp3) is 1.00. The van der Waals surface area contributed by atoms with Gasteiger partial charge >= 0.3 is 0 Å². The van der Waals surface area contributed by atoms with Gasteiger partial charge in [0.15, 0.2) is 0 Å². The maximum absolute atomic E-state index is 3.50. The zero-order valence-electron chi connectivity index (χ0n) is 10.5. The fourth-order valence-electron chi connectivity index (χ4n) is 3.87. The molecule has 3 heteroatoms. The van der Waals surface area contributed by atoms with E-state index in [4.69, 9.17) is 0 Å². The largest absolute Gasteiger partial charge is 0.314 e. The Labute approximate surface area is 99.2 Å². The summed E-state index contributed by atoms with van der Waals surface area (Å²) in [5.41, 5.74) is 0. The number of hydrogen-bond acceptors (Lipinski definition) is 3. The first-order valence-corrected chi connectivity index (χ1v) is 7.05. The smallest absolute Gasteiger partial charge is 0.0242 e. The summed E-state index contributed by atoms with van der Waals surface area (Å²) in [5, 5.41) is 3.50. The van der Waals surface area contributed by atoms with E-state index in [1.165, 1.54) is 58.4 Å². The molecule has 3 fully saturated rings. The van der Waals surface area contributed by atoms with Crippen LogP contribution >= 0.6 is 0 Å². The number of rotatable bonds is 1. The van der Waals surface area contributed by atoms with Crippen molar-refractivity contribution in [3.8, 4) is 0 Å². The van der Waals surface area contributed by atoms with Gasteiger partial charge in [-0.15, -0.1) is 0 Å². The summed E-state index contributed by atoms with van der Waals surface area (Å²) >= 11 is 0. The van der Waals surface area contributed by atoms with Gasteiger partial charge in [-0.25, -0.2) is 0 Å². The average molecular weight is 223 g/mol. The third-order valence-corrected chi connectivity index (χ3v) is 4.76. The van der Waals surface area contributed by atoms with Crippen LogP contribution in [0.5, 0.6) is 0 Å². The van der Waals surface area contributed by atoms with Crippen LogP contribution in [0.25, 0.3) is 0 Å². The van der Waals surface area contributed by atoms with Gasteiger partial charge in [0.25, 0.3) is 0 Å². The zero-order chi connectivity index (χ0) is 11.0. The van der Waals surface area contributed by atoms with Gasteiger partial charge in [-0.3, -0.25) is 9.80 Å². The Morgan fingerprint density at radius 2 is 2.06 bits per heavy atom. The van der Waals surface area contributed by atoms with E-state index in [1.54, 1.807) is 0 Å². The highest BCUT2D eigenvalue weighted by Gasteiger charge is 2.38. The van der Waals surface area contributed by atoms with Crippen molar-refractivity contribution in [1.29, 1.82) is 0 Å². The standard InChI is InChI=1S/C13H25N3/c1-11-9-14-5-7-16(11)13-8-12-4-2-3-6-15(12)10-13/h11-14H,2-10H2,1H3. The van der Waals surface area contributed by atoms with Crippen molar-refractivity contribution in [2.24, 2.45) is 0 Å². The molecule has 16 heavy (non-hydrogen) atoms. The molecule has 0 aliphatic carbocycles. The summed E-state index contributed by atoms with van der Waals surface area (Å²) in [7, 11) is 0. The van der Waals surface area contributed by atoms with Gasteiger partial charge < -0.3 is 5.32 Å². The summed E-state index contributed by atoms with van der Waals surface area (Å²) in [6.45, 7) is 8.71. The lowest BCUT2D eigenvalue weighted by atomic mass is 10.0. The van der Waals surface area contributed by atoms with Crippen LogP contribution in [0.4, 0.5) is 0 Å². The monoisotopic (exact) mass is 223 g/mol. The molecular weight excluding hydrogens is 198 g/mol. The Hall–Kier alpha value is -0.120. The van der Waals surface area contributed by atoms with Crippen LogP contribution in [0, 0.1) is 0 Å². The van der Waals surface area contributed by atoms with Gasteiger partial charge in [0.1, 0.15) is 0 Å². The highest BCUT2D eigenvalue weighted by Crippen LogP contribution is 2.30. The van der Waals surface area contributed by atoms with E-state index in [1.807, 2.05) is 0 Å². The normalized spacial score (nSPS) is 42.2. The maximum Gasteiger partial charge on any atom is 0.0242 e. The molecule has 0 aromatic heterocycles. The van der Waals surface area contributed by atoms with E-state index < -0.39 is 0 Å². The molecule has 3 nitrogen and oxygen atoms in total. The second kappa shape index (κ2) is 4.63. The Balaban J connectivity index is 1.63. The molecule has 3 atom stereocenters. The number of hydrogen-bond donors (Lipinski definition) is 1. The molecule has 0 saturated carbocycles. The molecule has 3 aliphatic rings. The molecule has 3 saturated heterocycles. The molecule has 3 rings (SSSR count). The van der Waals surface area contributed by atoms with Crippen LogP contribution < -0.4 is 5.32 Å². The van der Waals surface area contributed by atoms with Gasteiger partial charge in [-0.05, 0) is 32.7 Å². The number of nitrogens with one attached hydrogen (secondary N) is 1. The van der Waals surface area contributed by atoms with E-state index in [0.717, 1.165) is 18.1 Å². The van der Waals surface area contributed by atoms with Crippen LogP contribution in [0.2, 0.25) is 0 Å². The minimum atomic E-state index is 0.736. The minimum Gasteiger partial charge on any atom is -0.314 e. The quantitative estimate of drug-likeness (QED) is 0.713. The average Bonchev–Trinajstić information content (AvgIpc) is 2.73. The molecule has 3 unspecified atom stereocenters. The van der Waals surface area contributed by atoms with Crippen molar-refractivity contribution < 1.29 is 0 Å². The van der Waals surface area contributed by atoms with Gasteiger partial charge in [0.05, 0.1) is 0 Å². The topological polar surface area (TPSA) is 18.5 Å². The van der Waals surface area contributed by atoms with Crippen molar-refractivity contribution in [2.75, 3.05) is 32.7 Å². The molecule has 0 bridgehead atoms. The SMILES string of the molecule is CC1CNCCN1C1CC2CCCCN2C1. The highest BCUT2D eigenvalue weighted by atomic mass is 15.3. The van der Waals surface area contributed by atoms with Gasteiger partial charge in [0.2, 0.25) is 0 Å². The van der Waals surface area contributed by atoms with E-state index in [9.17, 15) is 0 Å². The molecule has 92 valence electrons. The molecule has 3 heterocycles. The Morgan fingerprint density at radius 1 is 1.12 bits per heavy atom. The predicted octanol–water partition coefficient (Wildman–Crippen LogP) is 0.907. The zero-order valence-corrected chi connectivity index (χ0v) is 10.5. The first kappa shape index (κ1) is 11.0. The third-order valence-electron chi connectivity index (χ3n) is 4.76. The van der Waals surface area contributed by atoms with Gasteiger partial charge in [-0.1, -0.05) is 6.42 Å². The second-order valence-electron chi connectivity index (χ2n) is 5.83. The maximum atomic E-state index is 3.50. The molecule has 0 radical (unpaired) electrons.